The van der Waals surface area contributed by atoms with Crippen molar-refractivity contribution in [2.24, 2.45) is 0 Å². The molecule has 110 valence electrons. The molecule has 2 amide bonds. The van der Waals surface area contributed by atoms with Crippen LogP contribution < -0.4 is 10.6 Å². The Kier molecular flexibility index (Phi) is 6.99. The van der Waals surface area contributed by atoms with Gasteiger partial charge in [-0.2, -0.15) is 0 Å². The van der Waals surface area contributed by atoms with Gasteiger partial charge in [-0.15, -0.1) is 0 Å². The molecule has 0 atom stereocenters. The van der Waals surface area contributed by atoms with Crippen molar-refractivity contribution in [3.05, 3.63) is 36.5 Å². The molecular formula is C14H20N2O4. The van der Waals surface area contributed by atoms with Gasteiger partial charge in [0.15, 0.2) is 0 Å². The molecule has 0 spiro atoms. The molecular weight excluding hydrogens is 260 g/mol. The molecule has 6 heteroatoms. The second-order valence-corrected chi connectivity index (χ2v) is 4.44. The third-order valence-corrected chi connectivity index (χ3v) is 2.12. The fourth-order valence-electron chi connectivity index (χ4n) is 0.965. The molecule has 0 saturated carbocycles. The van der Waals surface area contributed by atoms with E-state index in [1.54, 1.807) is 0 Å². The Labute approximate surface area is 118 Å². The predicted octanol–water partition coefficient (Wildman–Crippen LogP) is 0.816. The van der Waals surface area contributed by atoms with Gasteiger partial charge in [0.2, 0.25) is 11.8 Å². The van der Waals surface area contributed by atoms with Crippen LogP contribution in [0.5, 0.6) is 0 Å². The monoisotopic (exact) mass is 280 g/mol. The number of hydrogen-bond acceptors (Lipinski definition) is 4. The number of carbonyl (C=O) groups is 3. The van der Waals surface area contributed by atoms with Crippen molar-refractivity contribution >= 4 is 17.8 Å². The summed E-state index contributed by atoms with van der Waals surface area (Å²) >= 11 is 0. The van der Waals surface area contributed by atoms with E-state index in [4.69, 9.17) is 4.74 Å². The number of esters is 1. The van der Waals surface area contributed by atoms with E-state index in [0.29, 0.717) is 0 Å². The van der Waals surface area contributed by atoms with Crippen LogP contribution in [0.15, 0.2) is 36.5 Å². The van der Waals surface area contributed by atoms with Crippen molar-refractivity contribution < 1.29 is 19.1 Å². The third kappa shape index (κ3) is 6.53. The zero-order valence-electron chi connectivity index (χ0n) is 12.0. The molecule has 0 fully saturated rings. The summed E-state index contributed by atoms with van der Waals surface area (Å²) in [5, 5.41) is 4.96. The van der Waals surface area contributed by atoms with Gasteiger partial charge in [0, 0.05) is 16.7 Å². The fourth-order valence-corrected chi connectivity index (χ4v) is 0.965. The van der Waals surface area contributed by atoms with Gasteiger partial charge in [-0.25, -0.2) is 4.79 Å². The second kappa shape index (κ2) is 7.93. The van der Waals surface area contributed by atoms with E-state index in [1.165, 1.54) is 20.8 Å². The normalized spacial score (nSPS) is 9.60. The fraction of sp³-hybridized carbons (Fsp3) is 0.357. The molecule has 0 radical (unpaired) electrons. The number of amides is 2. The highest BCUT2D eigenvalue weighted by atomic mass is 16.5. The quantitative estimate of drug-likeness (QED) is 0.411. The SMILES string of the molecule is C=C(C)C(=O)NC(COC(=O)C(=C)C)NC(=O)C(=C)C. The minimum Gasteiger partial charge on any atom is -0.458 e. The molecule has 0 unspecified atom stereocenters. The predicted molar refractivity (Wildman–Crippen MR) is 75.5 cm³/mol. The van der Waals surface area contributed by atoms with Crippen LogP contribution in [0.25, 0.3) is 0 Å². The van der Waals surface area contributed by atoms with Crippen molar-refractivity contribution in [2.45, 2.75) is 26.9 Å². The molecule has 0 aliphatic carbocycles. The van der Waals surface area contributed by atoms with E-state index < -0.39 is 23.9 Å². The number of carbonyl (C=O) groups excluding carboxylic acids is 3. The van der Waals surface area contributed by atoms with E-state index in [9.17, 15) is 14.4 Å². The Hall–Kier alpha value is -2.37. The van der Waals surface area contributed by atoms with E-state index >= 15 is 0 Å². The molecule has 0 aromatic carbocycles. The van der Waals surface area contributed by atoms with Crippen LogP contribution in [-0.4, -0.2) is 30.6 Å². The van der Waals surface area contributed by atoms with Gasteiger partial charge in [0.05, 0.1) is 0 Å². The Morgan fingerprint density at radius 3 is 1.60 bits per heavy atom. The Balaban J connectivity index is 4.70. The summed E-state index contributed by atoms with van der Waals surface area (Å²) < 4.78 is 4.90. The Bertz CT molecular complexity index is 438. The zero-order valence-corrected chi connectivity index (χ0v) is 12.0. The standard InChI is InChI=1S/C14H20N2O4/c1-8(2)12(17)15-11(16-13(18)9(3)4)7-20-14(19)10(5)6/h11H,1,3,5,7H2,2,4,6H3,(H,15,17)(H,16,18). The Morgan fingerprint density at radius 2 is 1.30 bits per heavy atom. The van der Waals surface area contributed by atoms with Crippen molar-refractivity contribution in [3.8, 4) is 0 Å². The first kappa shape index (κ1) is 17.6. The van der Waals surface area contributed by atoms with E-state index in [1.807, 2.05) is 0 Å². The Morgan fingerprint density at radius 1 is 0.900 bits per heavy atom. The van der Waals surface area contributed by atoms with Gasteiger partial charge in [0.25, 0.3) is 0 Å². The van der Waals surface area contributed by atoms with E-state index in [0.717, 1.165) is 0 Å². The molecule has 0 rings (SSSR count). The molecule has 0 aliphatic rings. The van der Waals surface area contributed by atoms with Crippen molar-refractivity contribution in [1.29, 1.82) is 0 Å². The van der Waals surface area contributed by atoms with Crippen LogP contribution in [0.3, 0.4) is 0 Å². The molecule has 0 heterocycles. The van der Waals surface area contributed by atoms with E-state index in [-0.39, 0.29) is 23.3 Å². The number of nitrogens with one attached hydrogen (secondary N) is 2. The average Bonchev–Trinajstić information content (AvgIpc) is 2.34. The zero-order chi connectivity index (χ0) is 15.9. The molecule has 0 aromatic heterocycles. The second-order valence-electron chi connectivity index (χ2n) is 4.44. The summed E-state index contributed by atoms with van der Waals surface area (Å²) in [6, 6.07) is 0. The summed E-state index contributed by atoms with van der Waals surface area (Å²) in [5.74, 6) is -1.52. The van der Waals surface area contributed by atoms with Gasteiger partial charge < -0.3 is 15.4 Å². The van der Waals surface area contributed by atoms with Gasteiger partial charge in [-0.3, -0.25) is 9.59 Å². The van der Waals surface area contributed by atoms with Crippen LogP contribution in [0.2, 0.25) is 0 Å². The number of hydrogen-bond donors (Lipinski definition) is 2. The molecule has 0 aliphatic heterocycles. The lowest BCUT2D eigenvalue weighted by Gasteiger charge is -2.20. The topological polar surface area (TPSA) is 84.5 Å². The molecule has 0 aromatic rings. The van der Waals surface area contributed by atoms with Gasteiger partial charge in [-0.1, -0.05) is 19.7 Å². The summed E-state index contributed by atoms with van der Waals surface area (Å²) in [4.78, 5) is 34.4. The van der Waals surface area contributed by atoms with Crippen LogP contribution in [0, 0.1) is 0 Å². The minimum atomic E-state index is -0.869. The number of ether oxygens (including phenoxy) is 1. The van der Waals surface area contributed by atoms with Crippen LogP contribution in [0.1, 0.15) is 20.8 Å². The largest absolute Gasteiger partial charge is 0.458 e. The van der Waals surface area contributed by atoms with Crippen LogP contribution in [0.4, 0.5) is 0 Å². The summed E-state index contributed by atoms with van der Waals surface area (Å²) in [7, 11) is 0. The first-order valence-electron chi connectivity index (χ1n) is 5.90. The smallest absolute Gasteiger partial charge is 0.333 e. The highest BCUT2D eigenvalue weighted by Crippen LogP contribution is 1.96. The average molecular weight is 280 g/mol. The van der Waals surface area contributed by atoms with Gasteiger partial charge in [0.1, 0.15) is 12.8 Å². The molecule has 6 nitrogen and oxygen atoms in total. The lowest BCUT2D eigenvalue weighted by molar-refractivity contribution is -0.141. The molecule has 0 saturated heterocycles. The third-order valence-electron chi connectivity index (χ3n) is 2.12. The summed E-state index contributed by atoms with van der Waals surface area (Å²) in [6.07, 6.45) is -0.869. The van der Waals surface area contributed by atoms with Crippen molar-refractivity contribution in [3.63, 3.8) is 0 Å². The minimum absolute atomic E-state index is 0.219. The maximum atomic E-state index is 11.5. The van der Waals surface area contributed by atoms with Gasteiger partial charge >= 0.3 is 5.97 Å². The summed E-state index contributed by atoms with van der Waals surface area (Å²) in [6.45, 7) is 14.7. The van der Waals surface area contributed by atoms with Crippen LogP contribution >= 0.6 is 0 Å². The van der Waals surface area contributed by atoms with Crippen molar-refractivity contribution in [2.75, 3.05) is 6.61 Å². The maximum absolute atomic E-state index is 11.5. The van der Waals surface area contributed by atoms with Crippen LogP contribution in [-0.2, 0) is 19.1 Å². The van der Waals surface area contributed by atoms with E-state index in [2.05, 4.69) is 30.4 Å². The first-order valence-corrected chi connectivity index (χ1v) is 5.90. The molecule has 20 heavy (non-hydrogen) atoms. The maximum Gasteiger partial charge on any atom is 0.333 e. The van der Waals surface area contributed by atoms with Crippen molar-refractivity contribution in [1.82, 2.24) is 10.6 Å². The summed E-state index contributed by atoms with van der Waals surface area (Å²) in [5.41, 5.74) is 0.762. The number of rotatable bonds is 7. The lowest BCUT2D eigenvalue weighted by atomic mass is 10.3. The highest BCUT2D eigenvalue weighted by molar-refractivity contribution is 5.94. The first-order chi connectivity index (χ1) is 9.15. The highest BCUT2D eigenvalue weighted by Gasteiger charge is 2.18. The lowest BCUT2D eigenvalue weighted by Crippen LogP contribution is -2.51. The molecule has 0 bridgehead atoms. The van der Waals surface area contributed by atoms with Gasteiger partial charge in [-0.05, 0) is 20.8 Å². The molecule has 2 N–H and O–H groups in total.